The molecular formula is C13H20N6O. The Morgan fingerprint density at radius 2 is 2.20 bits per heavy atom. The average molecular weight is 276 g/mol. The second kappa shape index (κ2) is 6.13. The van der Waals surface area contributed by atoms with Crippen LogP contribution < -0.4 is 5.32 Å². The molecule has 2 N–H and O–H groups in total. The van der Waals surface area contributed by atoms with Crippen molar-refractivity contribution in [3.05, 3.63) is 12.1 Å². The van der Waals surface area contributed by atoms with Crippen molar-refractivity contribution in [3.63, 3.8) is 0 Å². The normalized spacial score (nSPS) is 23.1. The zero-order valence-electron chi connectivity index (χ0n) is 11.7. The summed E-state index contributed by atoms with van der Waals surface area (Å²) in [7, 11) is 0. The summed E-state index contributed by atoms with van der Waals surface area (Å²) in [6, 6.07) is 0.643. The smallest absolute Gasteiger partial charge is 0.230 e. The first kappa shape index (κ1) is 13.2. The molecule has 108 valence electrons. The Kier molecular flexibility index (Phi) is 4.05. The van der Waals surface area contributed by atoms with E-state index >= 15 is 0 Å². The number of H-pyrrole nitrogens is 1. The van der Waals surface area contributed by atoms with Gasteiger partial charge in [0.25, 0.3) is 0 Å². The molecule has 20 heavy (non-hydrogen) atoms. The Morgan fingerprint density at radius 3 is 2.90 bits per heavy atom. The second-order valence-electron chi connectivity index (χ2n) is 5.31. The number of aromatic nitrogens is 5. The van der Waals surface area contributed by atoms with Crippen molar-refractivity contribution >= 4 is 0 Å². The molecule has 2 heterocycles. The second-order valence-corrected chi connectivity index (χ2v) is 5.31. The lowest BCUT2D eigenvalue weighted by Gasteiger charge is -2.27. The van der Waals surface area contributed by atoms with Gasteiger partial charge in [0.15, 0.2) is 5.69 Å². The first-order chi connectivity index (χ1) is 9.86. The fraction of sp³-hybridized carbons (Fsp3) is 0.692. The molecule has 7 heteroatoms. The molecule has 1 aliphatic rings. The minimum absolute atomic E-state index is 0.378. The lowest BCUT2D eigenvalue weighted by atomic mass is 9.86. The molecule has 0 saturated heterocycles. The SMILES string of the molecule is CCCNC1CCC(c2nc(-c3cn[nH]n3)no2)CC1. The highest BCUT2D eigenvalue weighted by atomic mass is 16.5. The predicted octanol–water partition coefficient (Wildman–Crippen LogP) is 1.88. The van der Waals surface area contributed by atoms with Gasteiger partial charge in [0.1, 0.15) is 0 Å². The van der Waals surface area contributed by atoms with Crippen molar-refractivity contribution in [3.8, 4) is 11.5 Å². The Labute approximate surface area is 117 Å². The predicted molar refractivity (Wildman–Crippen MR) is 73.0 cm³/mol. The van der Waals surface area contributed by atoms with Gasteiger partial charge in [0.2, 0.25) is 11.7 Å². The van der Waals surface area contributed by atoms with Crippen LogP contribution in [0.2, 0.25) is 0 Å². The molecule has 3 rings (SSSR count). The van der Waals surface area contributed by atoms with Crippen LogP contribution in [0.3, 0.4) is 0 Å². The van der Waals surface area contributed by atoms with Gasteiger partial charge in [-0.2, -0.15) is 20.4 Å². The van der Waals surface area contributed by atoms with Gasteiger partial charge >= 0.3 is 0 Å². The average Bonchev–Trinajstić information content (AvgIpc) is 3.16. The molecule has 0 radical (unpaired) electrons. The molecule has 0 atom stereocenters. The van der Waals surface area contributed by atoms with Gasteiger partial charge in [-0.05, 0) is 38.6 Å². The molecule has 0 bridgehead atoms. The molecular weight excluding hydrogens is 256 g/mol. The van der Waals surface area contributed by atoms with Gasteiger partial charge in [-0.3, -0.25) is 0 Å². The number of nitrogens with one attached hydrogen (secondary N) is 2. The molecule has 0 aromatic carbocycles. The van der Waals surface area contributed by atoms with Crippen molar-refractivity contribution in [1.29, 1.82) is 0 Å². The van der Waals surface area contributed by atoms with Crippen molar-refractivity contribution in [2.75, 3.05) is 6.54 Å². The third-order valence-corrected chi connectivity index (χ3v) is 3.85. The van der Waals surface area contributed by atoms with Gasteiger partial charge in [-0.15, -0.1) is 0 Å². The number of hydrogen-bond donors (Lipinski definition) is 2. The molecule has 0 unspecified atom stereocenters. The summed E-state index contributed by atoms with van der Waals surface area (Å²) >= 11 is 0. The van der Waals surface area contributed by atoms with Gasteiger partial charge in [-0.1, -0.05) is 12.1 Å². The molecule has 0 amide bonds. The maximum Gasteiger partial charge on any atom is 0.230 e. The molecule has 1 saturated carbocycles. The fourth-order valence-electron chi connectivity index (χ4n) is 2.71. The van der Waals surface area contributed by atoms with E-state index < -0.39 is 0 Å². The van der Waals surface area contributed by atoms with E-state index in [1.165, 1.54) is 19.3 Å². The van der Waals surface area contributed by atoms with Crippen molar-refractivity contribution in [2.45, 2.75) is 51.0 Å². The van der Waals surface area contributed by atoms with E-state index in [9.17, 15) is 0 Å². The highest BCUT2D eigenvalue weighted by Crippen LogP contribution is 2.32. The van der Waals surface area contributed by atoms with Gasteiger partial charge in [0, 0.05) is 12.0 Å². The fourth-order valence-corrected chi connectivity index (χ4v) is 2.71. The largest absolute Gasteiger partial charge is 0.339 e. The maximum absolute atomic E-state index is 5.38. The summed E-state index contributed by atoms with van der Waals surface area (Å²) in [6.07, 6.45) is 7.33. The summed E-state index contributed by atoms with van der Waals surface area (Å²) in [5.41, 5.74) is 0.623. The van der Waals surface area contributed by atoms with E-state index in [4.69, 9.17) is 4.52 Å². The van der Waals surface area contributed by atoms with Gasteiger partial charge < -0.3 is 9.84 Å². The van der Waals surface area contributed by atoms with Crippen LogP contribution in [0.25, 0.3) is 11.5 Å². The van der Waals surface area contributed by atoms with Crippen molar-refractivity contribution in [2.24, 2.45) is 0 Å². The number of hydrogen-bond acceptors (Lipinski definition) is 6. The molecule has 2 aromatic heterocycles. The van der Waals surface area contributed by atoms with E-state index in [0.29, 0.717) is 23.5 Å². The molecule has 2 aromatic rings. The van der Waals surface area contributed by atoms with Gasteiger partial charge in [0.05, 0.1) is 6.20 Å². The number of nitrogens with zero attached hydrogens (tertiary/aromatic N) is 4. The van der Waals surface area contributed by atoms with Crippen LogP contribution >= 0.6 is 0 Å². The van der Waals surface area contributed by atoms with E-state index in [1.54, 1.807) is 6.20 Å². The Morgan fingerprint density at radius 1 is 1.35 bits per heavy atom. The zero-order chi connectivity index (χ0) is 13.8. The lowest BCUT2D eigenvalue weighted by molar-refractivity contribution is 0.283. The summed E-state index contributed by atoms with van der Waals surface area (Å²) in [5, 5.41) is 17.8. The summed E-state index contributed by atoms with van der Waals surface area (Å²) in [6.45, 7) is 3.30. The van der Waals surface area contributed by atoms with E-state index in [-0.39, 0.29) is 0 Å². The molecule has 0 spiro atoms. The van der Waals surface area contributed by atoms with Crippen LogP contribution in [0, 0.1) is 0 Å². The maximum atomic E-state index is 5.38. The molecule has 1 aliphatic carbocycles. The van der Waals surface area contributed by atoms with Crippen LogP contribution in [-0.4, -0.2) is 38.1 Å². The molecule has 7 nitrogen and oxygen atoms in total. The van der Waals surface area contributed by atoms with Gasteiger partial charge in [-0.25, -0.2) is 0 Å². The lowest BCUT2D eigenvalue weighted by Crippen LogP contribution is -2.33. The first-order valence-electron chi connectivity index (χ1n) is 7.30. The minimum atomic E-state index is 0.378. The number of aromatic amines is 1. The third-order valence-electron chi connectivity index (χ3n) is 3.85. The highest BCUT2D eigenvalue weighted by Gasteiger charge is 2.26. The van der Waals surface area contributed by atoms with Crippen LogP contribution in [0.4, 0.5) is 0 Å². The summed E-state index contributed by atoms with van der Waals surface area (Å²) in [5.74, 6) is 1.62. The number of rotatable bonds is 5. The Hall–Kier alpha value is -1.76. The Balaban J connectivity index is 1.58. The Bertz CT molecular complexity index is 515. The summed E-state index contributed by atoms with van der Waals surface area (Å²) < 4.78 is 5.38. The van der Waals surface area contributed by atoms with Crippen LogP contribution in [0.5, 0.6) is 0 Å². The standard InChI is InChI=1S/C13H20N6O/c1-2-7-14-10-5-3-9(4-6-10)13-16-12(18-20-13)11-8-15-19-17-11/h8-10,14H,2-7H2,1H3,(H,15,17,19). The topological polar surface area (TPSA) is 92.5 Å². The highest BCUT2D eigenvalue weighted by molar-refractivity contribution is 5.44. The van der Waals surface area contributed by atoms with Crippen LogP contribution in [0.15, 0.2) is 10.7 Å². The monoisotopic (exact) mass is 276 g/mol. The molecule has 1 fully saturated rings. The van der Waals surface area contributed by atoms with E-state index in [1.807, 2.05) is 0 Å². The summed E-state index contributed by atoms with van der Waals surface area (Å²) in [4.78, 5) is 4.44. The van der Waals surface area contributed by atoms with Crippen molar-refractivity contribution < 1.29 is 4.52 Å². The third kappa shape index (κ3) is 2.87. The van der Waals surface area contributed by atoms with Crippen LogP contribution in [-0.2, 0) is 0 Å². The van der Waals surface area contributed by atoms with E-state index in [0.717, 1.165) is 25.3 Å². The first-order valence-corrected chi connectivity index (χ1v) is 7.30. The zero-order valence-corrected chi connectivity index (χ0v) is 11.7. The molecule has 0 aliphatic heterocycles. The quantitative estimate of drug-likeness (QED) is 0.866. The van der Waals surface area contributed by atoms with E-state index in [2.05, 4.69) is 37.8 Å². The van der Waals surface area contributed by atoms with Crippen molar-refractivity contribution in [1.82, 2.24) is 30.9 Å². The minimum Gasteiger partial charge on any atom is -0.339 e. The van der Waals surface area contributed by atoms with Crippen LogP contribution in [0.1, 0.15) is 50.8 Å².